The van der Waals surface area contributed by atoms with Gasteiger partial charge in [0.05, 0.1) is 0 Å². The fourth-order valence-corrected chi connectivity index (χ4v) is 9.52. The number of hydrogen-bond acceptors (Lipinski definition) is 6. The Balaban J connectivity index is 1.37. The van der Waals surface area contributed by atoms with E-state index in [0.717, 1.165) is 32.5 Å². The van der Waals surface area contributed by atoms with Gasteiger partial charge in [0.25, 0.3) is 0 Å². The Morgan fingerprint density at radius 2 is 1.08 bits per heavy atom. The Morgan fingerprint density at radius 3 is 1.47 bits per heavy atom. The molecule has 0 saturated heterocycles. The van der Waals surface area contributed by atoms with Crippen molar-refractivity contribution in [1.82, 2.24) is 9.97 Å². The zero-order valence-electron chi connectivity index (χ0n) is 23.2. The Kier molecular flexibility index (Phi) is 9.69. The molecule has 0 bridgehead atoms. The molecule has 5 aromatic heterocycles. The normalized spacial score (nSPS) is 13.6. The van der Waals surface area contributed by atoms with Gasteiger partial charge in [0.1, 0.15) is 20.7 Å². The highest BCUT2D eigenvalue weighted by molar-refractivity contribution is 7.20. The first-order valence-corrected chi connectivity index (χ1v) is 17.9. The topological polar surface area (TPSA) is 25.8 Å². The number of unbranched alkanes of at least 4 members (excludes halogenated alkanes) is 2. The van der Waals surface area contributed by atoms with Crippen LogP contribution in [-0.2, 0) is 12.8 Å². The summed E-state index contributed by atoms with van der Waals surface area (Å²) >= 11 is 7.37. The molecule has 0 aromatic carbocycles. The van der Waals surface area contributed by atoms with E-state index in [9.17, 15) is 0 Å². The van der Waals surface area contributed by atoms with Gasteiger partial charge in [-0.15, -0.1) is 45.3 Å². The van der Waals surface area contributed by atoms with Gasteiger partial charge >= 0.3 is 0 Å². The van der Waals surface area contributed by atoms with Gasteiger partial charge in [-0.25, -0.2) is 9.97 Å². The number of nitrogens with zero attached hydrogens (tertiary/aromatic N) is 2. The van der Waals surface area contributed by atoms with Crippen LogP contribution >= 0.6 is 45.3 Å². The van der Waals surface area contributed by atoms with Crippen molar-refractivity contribution in [2.45, 2.75) is 91.9 Å². The minimum Gasteiger partial charge on any atom is -0.232 e. The summed E-state index contributed by atoms with van der Waals surface area (Å²) in [6.07, 6.45) is 12.9. The maximum atomic E-state index is 5.17. The maximum Gasteiger partial charge on any atom is 0.143 e. The molecule has 0 spiro atoms. The quantitative estimate of drug-likeness (QED) is 0.130. The van der Waals surface area contributed by atoms with Crippen LogP contribution < -0.4 is 0 Å². The summed E-state index contributed by atoms with van der Waals surface area (Å²) in [5.74, 6) is 1.60. The molecule has 0 aliphatic carbocycles. The van der Waals surface area contributed by atoms with Gasteiger partial charge in [0.15, 0.2) is 0 Å². The minimum absolute atomic E-state index is 0.798. The van der Waals surface area contributed by atoms with Crippen molar-refractivity contribution < 1.29 is 0 Å². The number of aromatic nitrogens is 2. The van der Waals surface area contributed by atoms with Crippen molar-refractivity contribution in [2.75, 3.05) is 0 Å². The first-order chi connectivity index (χ1) is 18.6. The van der Waals surface area contributed by atoms with Crippen molar-refractivity contribution in [3.05, 3.63) is 44.8 Å². The van der Waals surface area contributed by atoms with E-state index in [2.05, 4.69) is 62.7 Å². The summed E-state index contributed by atoms with van der Waals surface area (Å²) in [4.78, 5) is 18.1. The second-order valence-corrected chi connectivity index (χ2v) is 14.7. The van der Waals surface area contributed by atoms with E-state index in [1.807, 2.05) is 22.7 Å². The monoisotopic (exact) mass is 580 g/mol. The molecule has 0 N–H and O–H groups in total. The van der Waals surface area contributed by atoms with E-state index < -0.39 is 0 Å². The zero-order chi connectivity index (χ0) is 26.5. The maximum absolute atomic E-state index is 5.17. The van der Waals surface area contributed by atoms with Crippen molar-refractivity contribution in [2.24, 2.45) is 11.8 Å². The lowest BCUT2D eigenvalue weighted by molar-refractivity contribution is 0.452. The zero-order valence-corrected chi connectivity index (χ0v) is 26.5. The fourth-order valence-electron chi connectivity index (χ4n) is 5.33. The highest BCUT2D eigenvalue weighted by Gasteiger charge is 2.18. The molecule has 0 fully saturated rings. The molecule has 6 heteroatoms. The predicted molar refractivity (Wildman–Crippen MR) is 173 cm³/mol. The van der Waals surface area contributed by atoms with Crippen molar-refractivity contribution >= 4 is 66.0 Å². The molecule has 0 aliphatic rings. The molecule has 0 aliphatic heterocycles. The molecule has 38 heavy (non-hydrogen) atoms. The molecule has 202 valence electrons. The summed E-state index contributed by atoms with van der Waals surface area (Å²) in [5.41, 5.74) is 4.64. The molecule has 0 radical (unpaired) electrons. The number of fused-ring (bicyclic) bond motifs is 2. The van der Waals surface area contributed by atoms with Crippen LogP contribution in [0.15, 0.2) is 35.0 Å². The summed E-state index contributed by atoms with van der Waals surface area (Å²) in [5, 5.41) is 4.53. The standard InChI is InChI=1S/C32H40N2S4/c1-5-9-11-21(7-3)17-23-13-15-27(37-23)25-19-35-31-29(25)33-32-30(34-31)26(20-36-32)28-16-14-24(38-28)18-22(8-4)12-10-6-2/h13-16,19-22H,5-12,17-18H2,1-4H3. The SMILES string of the molecule is CCCCC(CC)Cc1ccc(-c2csc3nc4c(-c5ccc(CC(CC)CCCC)s5)csc4nc23)s1. The lowest BCUT2D eigenvalue weighted by atomic mass is 9.95. The van der Waals surface area contributed by atoms with Crippen LogP contribution in [-0.4, -0.2) is 9.97 Å². The first kappa shape index (κ1) is 27.9. The van der Waals surface area contributed by atoms with Crippen LogP contribution in [0.3, 0.4) is 0 Å². The molecule has 5 heterocycles. The van der Waals surface area contributed by atoms with E-state index in [1.165, 1.54) is 94.8 Å². The molecule has 5 rings (SSSR count). The fraction of sp³-hybridized carbons (Fsp3) is 0.500. The number of thiophene rings is 4. The molecule has 5 aromatic rings. The van der Waals surface area contributed by atoms with E-state index in [0.29, 0.717) is 0 Å². The average Bonchev–Trinajstić information content (AvgIpc) is 3.73. The van der Waals surface area contributed by atoms with E-state index in [-0.39, 0.29) is 0 Å². The highest BCUT2D eigenvalue weighted by Crippen LogP contribution is 2.41. The van der Waals surface area contributed by atoms with Gasteiger partial charge in [-0.2, -0.15) is 0 Å². The second-order valence-electron chi connectivity index (χ2n) is 10.6. The third-order valence-electron chi connectivity index (χ3n) is 7.84. The van der Waals surface area contributed by atoms with E-state index >= 15 is 0 Å². The van der Waals surface area contributed by atoms with Crippen LogP contribution in [0.4, 0.5) is 0 Å². The van der Waals surface area contributed by atoms with Crippen LogP contribution in [0.2, 0.25) is 0 Å². The first-order valence-electron chi connectivity index (χ1n) is 14.5. The Morgan fingerprint density at radius 1 is 0.632 bits per heavy atom. The second kappa shape index (κ2) is 13.2. The van der Waals surface area contributed by atoms with Crippen LogP contribution in [0, 0.1) is 11.8 Å². The third kappa shape index (κ3) is 6.24. The van der Waals surface area contributed by atoms with Crippen molar-refractivity contribution in [3.8, 4) is 20.9 Å². The number of hydrogen-bond donors (Lipinski definition) is 0. The Labute approximate surface area is 244 Å². The summed E-state index contributed by atoms with van der Waals surface area (Å²) in [6.45, 7) is 9.26. The smallest absolute Gasteiger partial charge is 0.143 e. The Bertz CT molecular complexity index is 1340. The van der Waals surface area contributed by atoms with Crippen molar-refractivity contribution in [1.29, 1.82) is 0 Å². The molecule has 2 unspecified atom stereocenters. The van der Waals surface area contributed by atoms with Gasteiger partial charge in [-0.3, -0.25) is 0 Å². The van der Waals surface area contributed by atoms with Crippen LogP contribution in [0.5, 0.6) is 0 Å². The van der Waals surface area contributed by atoms with Gasteiger partial charge in [0, 0.05) is 41.4 Å². The lowest BCUT2D eigenvalue weighted by Gasteiger charge is -2.12. The van der Waals surface area contributed by atoms with Crippen molar-refractivity contribution in [3.63, 3.8) is 0 Å². The Hall–Kier alpha value is -1.60. The average molecular weight is 581 g/mol. The molecule has 0 amide bonds. The van der Waals surface area contributed by atoms with Gasteiger partial charge in [-0.1, -0.05) is 79.1 Å². The van der Waals surface area contributed by atoms with Gasteiger partial charge < -0.3 is 0 Å². The highest BCUT2D eigenvalue weighted by atomic mass is 32.1. The summed E-state index contributed by atoms with van der Waals surface area (Å²) in [6, 6.07) is 9.29. The molecular formula is C32H40N2S4. The van der Waals surface area contributed by atoms with E-state index in [1.54, 1.807) is 22.7 Å². The molecule has 2 atom stereocenters. The molecular weight excluding hydrogens is 541 g/mol. The number of rotatable bonds is 14. The van der Waals surface area contributed by atoms with E-state index in [4.69, 9.17) is 9.97 Å². The van der Waals surface area contributed by atoms with Crippen LogP contribution in [0.25, 0.3) is 41.6 Å². The largest absolute Gasteiger partial charge is 0.232 e. The predicted octanol–water partition coefficient (Wildman–Crippen LogP) is 11.9. The minimum atomic E-state index is 0.798. The molecule has 2 nitrogen and oxygen atoms in total. The lowest BCUT2D eigenvalue weighted by Crippen LogP contribution is -2.01. The van der Waals surface area contributed by atoms with Crippen LogP contribution in [0.1, 0.15) is 88.8 Å². The summed E-state index contributed by atoms with van der Waals surface area (Å²) in [7, 11) is 0. The summed E-state index contributed by atoms with van der Waals surface area (Å²) < 4.78 is 0. The van der Waals surface area contributed by atoms with Gasteiger partial charge in [-0.05, 0) is 48.9 Å². The molecule has 0 saturated carbocycles. The third-order valence-corrected chi connectivity index (χ3v) is 11.8. The van der Waals surface area contributed by atoms with Gasteiger partial charge in [0.2, 0.25) is 0 Å².